The maximum absolute atomic E-state index is 12.5. The average molecular weight is 354 g/mol. The fourth-order valence-corrected chi connectivity index (χ4v) is 3.85. The lowest BCUT2D eigenvalue weighted by Crippen LogP contribution is -2.49. The van der Waals surface area contributed by atoms with E-state index in [1.165, 1.54) is 0 Å². The molecule has 6 nitrogen and oxygen atoms in total. The zero-order valence-electron chi connectivity index (χ0n) is 15.1. The Kier molecular flexibility index (Phi) is 5.32. The van der Waals surface area contributed by atoms with Gasteiger partial charge in [-0.05, 0) is 6.42 Å². The number of rotatable bonds is 5. The summed E-state index contributed by atoms with van der Waals surface area (Å²) < 4.78 is 5.80. The molecular formula is C20H26N4O2. The van der Waals surface area contributed by atoms with E-state index in [-0.39, 0.29) is 5.91 Å². The Morgan fingerprint density at radius 1 is 1.19 bits per heavy atom. The van der Waals surface area contributed by atoms with Gasteiger partial charge in [-0.15, -0.1) is 0 Å². The second kappa shape index (κ2) is 8.01. The maximum atomic E-state index is 12.5. The molecule has 0 saturated carbocycles. The van der Waals surface area contributed by atoms with Gasteiger partial charge in [-0.2, -0.15) is 0 Å². The molecule has 138 valence electrons. The number of carbonyl (C=O) groups excluding carboxylic acids is 1. The van der Waals surface area contributed by atoms with Gasteiger partial charge in [0.25, 0.3) is 0 Å². The van der Waals surface area contributed by atoms with Gasteiger partial charge in [-0.1, -0.05) is 30.3 Å². The molecule has 6 heteroatoms. The molecule has 2 aliphatic heterocycles. The van der Waals surface area contributed by atoms with Gasteiger partial charge >= 0.3 is 0 Å². The number of amides is 1. The number of aromatic nitrogens is 1. The summed E-state index contributed by atoms with van der Waals surface area (Å²) in [7, 11) is 0. The van der Waals surface area contributed by atoms with Gasteiger partial charge in [0.2, 0.25) is 5.91 Å². The summed E-state index contributed by atoms with van der Waals surface area (Å²) in [6.07, 6.45) is 3.85. The molecule has 2 aliphatic rings. The Morgan fingerprint density at radius 3 is 2.81 bits per heavy atom. The number of hydrogen-bond acceptors (Lipinski definition) is 5. The van der Waals surface area contributed by atoms with E-state index in [1.807, 2.05) is 35.2 Å². The number of aryl methyl sites for hydroxylation is 1. The molecule has 0 spiro atoms. The van der Waals surface area contributed by atoms with Crippen molar-refractivity contribution in [3.8, 4) is 11.3 Å². The number of hydrogen-bond donors (Lipinski definition) is 1. The van der Waals surface area contributed by atoms with E-state index in [9.17, 15) is 4.79 Å². The van der Waals surface area contributed by atoms with Crippen LogP contribution in [-0.4, -0.2) is 66.0 Å². The third-order valence-electron chi connectivity index (χ3n) is 5.35. The number of benzene rings is 1. The molecule has 1 amide bonds. The largest absolute Gasteiger partial charge is 0.441 e. The smallest absolute Gasteiger partial charge is 0.223 e. The van der Waals surface area contributed by atoms with Crippen molar-refractivity contribution in [2.75, 3.05) is 39.3 Å². The summed E-state index contributed by atoms with van der Waals surface area (Å²) in [5, 5.41) is 3.38. The Bertz CT molecular complexity index is 724. The van der Waals surface area contributed by atoms with Gasteiger partial charge in [0.1, 0.15) is 0 Å². The van der Waals surface area contributed by atoms with E-state index >= 15 is 0 Å². The number of nitrogens with one attached hydrogen (secondary N) is 1. The second-order valence-corrected chi connectivity index (χ2v) is 7.05. The molecule has 26 heavy (non-hydrogen) atoms. The second-order valence-electron chi connectivity index (χ2n) is 7.05. The number of nitrogens with zero attached hydrogens (tertiary/aromatic N) is 3. The molecule has 1 N–H and O–H groups in total. The monoisotopic (exact) mass is 354 g/mol. The van der Waals surface area contributed by atoms with Crippen LogP contribution in [-0.2, 0) is 11.2 Å². The van der Waals surface area contributed by atoms with Crippen LogP contribution in [0.3, 0.4) is 0 Å². The fourth-order valence-electron chi connectivity index (χ4n) is 3.85. The van der Waals surface area contributed by atoms with E-state index in [0.29, 0.717) is 24.8 Å². The molecule has 1 unspecified atom stereocenters. The summed E-state index contributed by atoms with van der Waals surface area (Å²) >= 11 is 0. The molecule has 0 aliphatic carbocycles. The first-order valence-corrected chi connectivity index (χ1v) is 9.52. The molecule has 0 radical (unpaired) electrons. The zero-order valence-corrected chi connectivity index (χ0v) is 15.1. The Morgan fingerprint density at radius 2 is 2.00 bits per heavy atom. The molecule has 3 heterocycles. The van der Waals surface area contributed by atoms with Crippen molar-refractivity contribution < 1.29 is 9.21 Å². The van der Waals surface area contributed by atoms with E-state index in [1.54, 1.807) is 6.20 Å². The highest BCUT2D eigenvalue weighted by atomic mass is 16.4. The Hall–Kier alpha value is -2.18. The molecule has 1 aromatic carbocycles. The van der Waals surface area contributed by atoms with Gasteiger partial charge in [-0.3, -0.25) is 9.69 Å². The van der Waals surface area contributed by atoms with Crippen LogP contribution in [0.25, 0.3) is 11.3 Å². The summed E-state index contributed by atoms with van der Waals surface area (Å²) in [5.74, 6) is 1.60. The first-order valence-electron chi connectivity index (χ1n) is 9.52. The van der Waals surface area contributed by atoms with Crippen molar-refractivity contribution in [1.82, 2.24) is 20.1 Å². The minimum absolute atomic E-state index is 0.210. The Labute approximate surface area is 154 Å². The van der Waals surface area contributed by atoms with Crippen LogP contribution in [0.15, 0.2) is 40.9 Å². The summed E-state index contributed by atoms with van der Waals surface area (Å²) in [6, 6.07) is 10.4. The molecule has 4 rings (SSSR count). The minimum atomic E-state index is 0.210. The number of piperazine rings is 1. The van der Waals surface area contributed by atoms with Gasteiger partial charge in [0.05, 0.1) is 6.20 Å². The lowest BCUT2D eigenvalue weighted by atomic mass is 10.2. The predicted octanol–water partition coefficient (Wildman–Crippen LogP) is 1.78. The molecular weight excluding hydrogens is 328 g/mol. The van der Waals surface area contributed by atoms with Crippen LogP contribution in [0, 0.1) is 0 Å². The van der Waals surface area contributed by atoms with E-state index in [2.05, 4.69) is 15.2 Å². The van der Waals surface area contributed by atoms with Crippen LogP contribution in [0.4, 0.5) is 0 Å². The average Bonchev–Trinajstić information content (AvgIpc) is 3.37. The van der Waals surface area contributed by atoms with Gasteiger partial charge in [0, 0.05) is 63.7 Å². The first-order chi connectivity index (χ1) is 12.8. The lowest BCUT2D eigenvalue weighted by molar-refractivity contribution is -0.130. The minimum Gasteiger partial charge on any atom is -0.441 e. The number of likely N-dealkylation sites (tertiary alicyclic amines) is 1. The molecule has 1 atom stereocenters. The predicted molar refractivity (Wildman–Crippen MR) is 99.7 cm³/mol. The summed E-state index contributed by atoms with van der Waals surface area (Å²) in [6.45, 7) is 6.02. The molecule has 0 bridgehead atoms. The third-order valence-corrected chi connectivity index (χ3v) is 5.35. The summed E-state index contributed by atoms with van der Waals surface area (Å²) in [4.78, 5) is 21.4. The summed E-state index contributed by atoms with van der Waals surface area (Å²) in [5.41, 5.74) is 1.01. The van der Waals surface area contributed by atoms with Crippen molar-refractivity contribution in [3.05, 3.63) is 42.4 Å². The van der Waals surface area contributed by atoms with E-state index < -0.39 is 0 Å². The highest BCUT2D eigenvalue weighted by Gasteiger charge is 2.30. The standard InChI is InChI=1S/C20H26N4O2/c25-20(24-11-8-17(15-24)23-12-9-21-10-13-23)7-6-19-22-14-18(26-19)16-4-2-1-3-5-16/h1-5,14,17,21H,6-13,15H2. The van der Waals surface area contributed by atoms with Crippen LogP contribution < -0.4 is 5.32 Å². The van der Waals surface area contributed by atoms with Crippen LogP contribution in [0.5, 0.6) is 0 Å². The third kappa shape index (κ3) is 3.97. The first kappa shape index (κ1) is 17.2. The van der Waals surface area contributed by atoms with Crippen molar-refractivity contribution >= 4 is 5.91 Å². The van der Waals surface area contributed by atoms with Gasteiger partial charge in [-0.25, -0.2) is 4.98 Å². The maximum Gasteiger partial charge on any atom is 0.223 e. The molecule has 2 fully saturated rings. The van der Waals surface area contributed by atoms with E-state index in [0.717, 1.165) is 57.0 Å². The van der Waals surface area contributed by atoms with Crippen LogP contribution >= 0.6 is 0 Å². The SMILES string of the molecule is O=C(CCc1ncc(-c2ccccc2)o1)N1CCC(N2CCNCC2)C1. The molecule has 2 saturated heterocycles. The highest BCUT2D eigenvalue weighted by Crippen LogP contribution is 2.21. The fraction of sp³-hybridized carbons (Fsp3) is 0.500. The van der Waals surface area contributed by atoms with Crippen LogP contribution in [0.1, 0.15) is 18.7 Å². The van der Waals surface area contributed by atoms with Gasteiger partial charge < -0.3 is 14.6 Å². The number of oxazole rings is 1. The quantitative estimate of drug-likeness (QED) is 0.887. The van der Waals surface area contributed by atoms with Crippen molar-refractivity contribution in [3.63, 3.8) is 0 Å². The van der Waals surface area contributed by atoms with Crippen molar-refractivity contribution in [1.29, 1.82) is 0 Å². The molecule has 2 aromatic rings. The number of carbonyl (C=O) groups is 1. The van der Waals surface area contributed by atoms with Crippen molar-refractivity contribution in [2.45, 2.75) is 25.3 Å². The topological polar surface area (TPSA) is 61.6 Å². The van der Waals surface area contributed by atoms with Gasteiger partial charge in [0.15, 0.2) is 11.7 Å². The van der Waals surface area contributed by atoms with Crippen LogP contribution in [0.2, 0.25) is 0 Å². The molecule has 1 aromatic heterocycles. The lowest BCUT2D eigenvalue weighted by Gasteiger charge is -2.32. The Balaban J connectivity index is 1.27. The highest BCUT2D eigenvalue weighted by molar-refractivity contribution is 5.76. The van der Waals surface area contributed by atoms with Crippen molar-refractivity contribution in [2.24, 2.45) is 0 Å². The zero-order chi connectivity index (χ0) is 17.8. The normalized spacial score (nSPS) is 21.2. The van der Waals surface area contributed by atoms with E-state index in [4.69, 9.17) is 4.42 Å².